The molecule has 0 aliphatic carbocycles. The summed E-state index contributed by atoms with van der Waals surface area (Å²) in [5.74, 6) is -1.04. The molecule has 0 saturated heterocycles. The smallest absolute Gasteiger partial charge is 0.363 e. The number of H-pyrrole nitrogens is 2. The number of aromatic nitrogens is 2. The van der Waals surface area contributed by atoms with Crippen LogP contribution in [0.2, 0.25) is 0 Å². The maximum absolute atomic E-state index is 12.2. The molecule has 0 aliphatic rings. The number of halogens is 3. The molecule has 0 aliphatic heterocycles. The van der Waals surface area contributed by atoms with Crippen LogP contribution in [-0.4, -0.2) is 30.8 Å². The van der Waals surface area contributed by atoms with E-state index in [-0.39, 0.29) is 0 Å². The predicted molar refractivity (Wildman–Crippen MR) is 52.9 cm³/mol. The van der Waals surface area contributed by atoms with Crippen LogP contribution >= 0.6 is 0 Å². The topological polar surface area (TPSA) is 109 Å². The summed E-state index contributed by atoms with van der Waals surface area (Å²) in [6.07, 6.45) is -5.94. The van der Waals surface area contributed by atoms with Crippen LogP contribution in [0.1, 0.15) is 5.56 Å². The van der Waals surface area contributed by atoms with E-state index in [1.165, 1.54) is 0 Å². The Labute approximate surface area is 97.7 Å². The molecular weight excluding hydrogens is 281 g/mol. The van der Waals surface area contributed by atoms with Gasteiger partial charge in [-0.05, 0) is 0 Å². The highest BCUT2D eigenvalue weighted by molar-refractivity contribution is 7.86. The molecule has 11 heteroatoms. The summed E-state index contributed by atoms with van der Waals surface area (Å²) in [7, 11) is -4.18. The van der Waals surface area contributed by atoms with Crippen LogP contribution in [-0.2, 0) is 16.5 Å². The van der Waals surface area contributed by atoms with Crippen molar-refractivity contribution in [3.63, 3.8) is 0 Å². The summed E-state index contributed by atoms with van der Waals surface area (Å²) in [5.41, 5.74) is -3.56. The molecule has 0 atom stereocenters. The van der Waals surface area contributed by atoms with Gasteiger partial charge >= 0.3 is 22.0 Å². The molecule has 1 aromatic heterocycles. The fraction of sp³-hybridized carbons (Fsp3) is 0.429. The molecule has 1 aromatic rings. The average molecular weight is 288 g/mol. The van der Waals surface area contributed by atoms with Crippen molar-refractivity contribution in [2.24, 2.45) is 0 Å². The monoisotopic (exact) mass is 288 g/mol. The third-order valence-corrected chi connectivity index (χ3v) is 2.08. The minimum Gasteiger partial charge on any atom is -0.363 e. The Balaban J connectivity index is 3.39. The SMILES string of the molecule is CS(=O)(=O)Oc1[nH]c(=O)[nH]c(=O)c1CC(F)(F)F. The van der Waals surface area contributed by atoms with Crippen LogP contribution in [0.4, 0.5) is 13.2 Å². The Bertz CT molecular complexity index is 657. The molecule has 0 unspecified atom stereocenters. The molecule has 0 bridgehead atoms. The molecule has 2 N–H and O–H groups in total. The second-order valence-corrected chi connectivity index (χ2v) is 4.87. The van der Waals surface area contributed by atoms with Crippen molar-refractivity contribution in [2.45, 2.75) is 12.6 Å². The number of hydrogen-bond acceptors (Lipinski definition) is 5. The zero-order valence-corrected chi connectivity index (χ0v) is 9.61. The van der Waals surface area contributed by atoms with Gasteiger partial charge < -0.3 is 4.18 Å². The van der Waals surface area contributed by atoms with E-state index < -0.39 is 45.4 Å². The van der Waals surface area contributed by atoms with Crippen LogP contribution < -0.4 is 15.4 Å². The second kappa shape index (κ2) is 4.48. The van der Waals surface area contributed by atoms with E-state index in [0.29, 0.717) is 6.26 Å². The average Bonchev–Trinajstić information content (AvgIpc) is 2.06. The maximum Gasteiger partial charge on any atom is 0.393 e. The molecule has 0 spiro atoms. The minimum atomic E-state index is -4.76. The van der Waals surface area contributed by atoms with Crippen molar-refractivity contribution in [2.75, 3.05) is 6.26 Å². The molecule has 7 nitrogen and oxygen atoms in total. The van der Waals surface area contributed by atoms with Crippen molar-refractivity contribution in [3.05, 3.63) is 26.4 Å². The van der Waals surface area contributed by atoms with E-state index in [1.54, 1.807) is 9.97 Å². The Hall–Kier alpha value is -1.78. The zero-order chi connectivity index (χ0) is 14.1. The first-order valence-corrected chi connectivity index (χ1v) is 6.11. The van der Waals surface area contributed by atoms with E-state index in [9.17, 15) is 31.2 Å². The van der Waals surface area contributed by atoms with E-state index in [1.807, 2.05) is 0 Å². The van der Waals surface area contributed by atoms with Gasteiger partial charge in [0.25, 0.3) is 5.56 Å². The van der Waals surface area contributed by atoms with Crippen molar-refractivity contribution in [3.8, 4) is 5.88 Å². The molecule has 0 aromatic carbocycles. The largest absolute Gasteiger partial charge is 0.393 e. The molecule has 1 heterocycles. The summed E-state index contributed by atoms with van der Waals surface area (Å²) in [5, 5.41) is 0. The summed E-state index contributed by atoms with van der Waals surface area (Å²) in [4.78, 5) is 25.3. The fourth-order valence-corrected chi connectivity index (χ4v) is 1.52. The van der Waals surface area contributed by atoms with Crippen molar-refractivity contribution < 1.29 is 25.8 Å². The first-order chi connectivity index (χ1) is 7.98. The lowest BCUT2D eigenvalue weighted by molar-refractivity contribution is -0.127. The van der Waals surface area contributed by atoms with E-state index in [4.69, 9.17) is 0 Å². The van der Waals surface area contributed by atoms with Gasteiger partial charge in [-0.3, -0.25) is 14.8 Å². The Morgan fingerprint density at radius 1 is 1.22 bits per heavy atom. The van der Waals surface area contributed by atoms with Gasteiger partial charge in [-0.2, -0.15) is 21.6 Å². The first-order valence-electron chi connectivity index (χ1n) is 4.29. The van der Waals surface area contributed by atoms with Gasteiger partial charge in [0.2, 0.25) is 5.88 Å². The standard InChI is InChI=1S/C7H7F3N2O5S/c1-18(15,16)17-5-3(2-7(8,9)10)4(13)11-6(14)12-5/h2H2,1H3,(H2,11,12,13,14). The van der Waals surface area contributed by atoms with Crippen LogP contribution in [0.5, 0.6) is 5.88 Å². The van der Waals surface area contributed by atoms with Crippen LogP contribution in [0.25, 0.3) is 0 Å². The molecule has 0 saturated carbocycles. The highest BCUT2D eigenvalue weighted by atomic mass is 32.2. The minimum absolute atomic E-state index is 0.559. The van der Waals surface area contributed by atoms with Gasteiger partial charge in [0.15, 0.2) is 0 Å². The summed E-state index contributed by atoms with van der Waals surface area (Å²) >= 11 is 0. The lowest BCUT2D eigenvalue weighted by Gasteiger charge is -2.09. The highest BCUT2D eigenvalue weighted by Crippen LogP contribution is 2.23. The highest BCUT2D eigenvalue weighted by Gasteiger charge is 2.32. The number of alkyl halides is 3. The van der Waals surface area contributed by atoms with Crippen molar-refractivity contribution >= 4 is 10.1 Å². The molecule has 0 fully saturated rings. The van der Waals surface area contributed by atoms with Gasteiger partial charge in [-0.15, -0.1) is 0 Å². The first kappa shape index (κ1) is 14.3. The van der Waals surface area contributed by atoms with Gasteiger partial charge in [0.05, 0.1) is 18.2 Å². The van der Waals surface area contributed by atoms with Gasteiger partial charge in [0, 0.05) is 0 Å². The summed E-state index contributed by atoms with van der Waals surface area (Å²) < 4.78 is 62.3. The number of aromatic amines is 2. The fourth-order valence-electron chi connectivity index (χ4n) is 1.07. The molecule has 0 amide bonds. The third-order valence-electron chi connectivity index (χ3n) is 1.61. The molecular formula is C7H7F3N2O5S. The van der Waals surface area contributed by atoms with E-state index in [0.717, 1.165) is 0 Å². The number of nitrogens with one attached hydrogen (secondary N) is 2. The van der Waals surface area contributed by atoms with Crippen molar-refractivity contribution in [1.82, 2.24) is 9.97 Å². The molecule has 1 rings (SSSR count). The summed E-state index contributed by atoms with van der Waals surface area (Å²) in [6.45, 7) is 0. The van der Waals surface area contributed by atoms with Crippen LogP contribution in [0.3, 0.4) is 0 Å². The lowest BCUT2D eigenvalue weighted by Crippen LogP contribution is -2.30. The normalized spacial score (nSPS) is 12.4. The van der Waals surface area contributed by atoms with Gasteiger partial charge in [0.1, 0.15) is 0 Å². The Morgan fingerprint density at radius 2 is 1.78 bits per heavy atom. The zero-order valence-electron chi connectivity index (χ0n) is 8.79. The Morgan fingerprint density at radius 3 is 2.22 bits per heavy atom. The quantitative estimate of drug-likeness (QED) is 0.729. The van der Waals surface area contributed by atoms with E-state index in [2.05, 4.69) is 4.18 Å². The Kier molecular flexibility index (Phi) is 3.55. The molecule has 102 valence electrons. The molecule has 0 radical (unpaired) electrons. The maximum atomic E-state index is 12.2. The second-order valence-electron chi connectivity index (χ2n) is 3.30. The predicted octanol–water partition coefficient (Wildman–Crippen LogP) is -0.494. The lowest BCUT2D eigenvalue weighted by atomic mass is 10.2. The van der Waals surface area contributed by atoms with Crippen LogP contribution in [0, 0.1) is 0 Å². The summed E-state index contributed by atoms with van der Waals surface area (Å²) in [6, 6.07) is 0. The number of hydrogen-bond donors (Lipinski definition) is 2. The van der Waals surface area contributed by atoms with Gasteiger partial charge in [-0.25, -0.2) is 4.79 Å². The van der Waals surface area contributed by atoms with Gasteiger partial charge in [-0.1, -0.05) is 0 Å². The van der Waals surface area contributed by atoms with Crippen LogP contribution in [0.15, 0.2) is 9.59 Å². The third kappa shape index (κ3) is 4.24. The van der Waals surface area contributed by atoms with E-state index >= 15 is 0 Å². The molecule has 18 heavy (non-hydrogen) atoms. The van der Waals surface area contributed by atoms with Crippen molar-refractivity contribution in [1.29, 1.82) is 0 Å². The number of rotatable bonds is 3.